The van der Waals surface area contributed by atoms with Crippen molar-refractivity contribution in [1.29, 1.82) is 0 Å². The van der Waals surface area contributed by atoms with Crippen LogP contribution in [0, 0.1) is 12.7 Å². The number of hydrogen-bond donors (Lipinski definition) is 0. The Morgan fingerprint density at radius 3 is 2.59 bits per heavy atom. The standard InChI is InChI=1S/C12H10BrFO2S/c1-7-3-8-5-11(14)10(13)4-9(8)6-12(7)17-16-15-2/h3-6H,1-2H3. The maximum absolute atomic E-state index is 13.4. The second-order valence-corrected chi connectivity index (χ2v) is 5.15. The molecule has 0 amide bonds. The average molecular weight is 317 g/mol. The molecular formula is C12H10BrFO2S. The summed E-state index contributed by atoms with van der Waals surface area (Å²) in [5, 5.41) is 1.82. The molecule has 0 N–H and O–H groups in total. The van der Waals surface area contributed by atoms with Crippen molar-refractivity contribution in [3.63, 3.8) is 0 Å². The molecule has 0 aromatic heterocycles. The molecule has 0 aliphatic rings. The molecule has 0 spiro atoms. The quantitative estimate of drug-likeness (QED) is 0.467. The van der Waals surface area contributed by atoms with Gasteiger partial charge in [-0.2, -0.15) is 4.33 Å². The maximum atomic E-state index is 13.4. The molecule has 0 atom stereocenters. The molecule has 0 saturated heterocycles. The van der Waals surface area contributed by atoms with E-state index in [-0.39, 0.29) is 5.82 Å². The minimum atomic E-state index is -0.259. The van der Waals surface area contributed by atoms with Crippen LogP contribution in [-0.4, -0.2) is 7.11 Å². The van der Waals surface area contributed by atoms with Gasteiger partial charge in [0.1, 0.15) is 5.82 Å². The van der Waals surface area contributed by atoms with Crippen LogP contribution in [0.3, 0.4) is 0 Å². The molecule has 0 radical (unpaired) electrons. The van der Waals surface area contributed by atoms with Gasteiger partial charge in [-0.25, -0.2) is 9.28 Å². The molecule has 0 heterocycles. The van der Waals surface area contributed by atoms with Gasteiger partial charge in [-0.1, -0.05) is 6.07 Å². The first-order valence-corrected chi connectivity index (χ1v) is 6.42. The van der Waals surface area contributed by atoms with E-state index in [1.54, 1.807) is 6.07 Å². The van der Waals surface area contributed by atoms with E-state index in [1.165, 1.54) is 13.2 Å². The van der Waals surface area contributed by atoms with Crippen LogP contribution < -0.4 is 0 Å². The second kappa shape index (κ2) is 5.35. The number of aryl methyl sites for hydroxylation is 1. The van der Waals surface area contributed by atoms with Crippen molar-refractivity contribution < 1.29 is 13.6 Å². The average Bonchev–Trinajstić information content (AvgIpc) is 2.29. The summed E-state index contributed by atoms with van der Waals surface area (Å²) in [6.07, 6.45) is 0. The van der Waals surface area contributed by atoms with Crippen LogP contribution in [0.5, 0.6) is 0 Å². The summed E-state index contributed by atoms with van der Waals surface area (Å²) in [5.41, 5.74) is 1.02. The number of rotatable bonds is 3. The van der Waals surface area contributed by atoms with E-state index >= 15 is 0 Å². The van der Waals surface area contributed by atoms with E-state index in [1.807, 2.05) is 19.1 Å². The van der Waals surface area contributed by atoms with Crippen LogP contribution >= 0.6 is 28.0 Å². The fourth-order valence-corrected chi connectivity index (χ4v) is 2.42. The Morgan fingerprint density at radius 1 is 1.18 bits per heavy atom. The van der Waals surface area contributed by atoms with E-state index in [4.69, 9.17) is 4.33 Å². The third kappa shape index (κ3) is 2.80. The lowest BCUT2D eigenvalue weighted by Crippen LogP contribution is -1.86. The summed E-state index contributed by atoms with van der Waals surface area (Å²) in [6.45, 7) is 1.95. The van der Waals surface area contributed by atoms with Crippen LogP contribution in [0.1, 0.15) is 5.56 Å². The minimum absolute atomic E-state index is 0.259. The van der Waals surface area contributed by atoms with Gasteiger partial charge in [0, 0.05) is 4.90 Å². The first kappa shape index (κ1) is 12.8. The summed E-state index contributed by atoms with van der Waals surface area (Å²) in [7, 11) is 1.45. The summed E-state index contributed by atoms with van der Waals surface area (Å²) in [6, 6.07) is 7.13. The fourth-order valence-electron chi connectivity index (χ4n) is 1.55. The van der Waals surface area contributed by atoms with Gasteiger partial charge in [-0.05, 0) is 57.4 Å². The van der Waals surface area contributed by atoms with Crippen molar-refractivity contribution in [2.75, 3.05) is 7.11 Å². The van der Waals surface area contributed by atoms with E-state index in [2.05, 4.69) is 20.8 Å². The van der Waals surface area contributed by atoms with Crippen LogP contribution in [0.25, 0.3) is 10.8 Å². The van der Waals surface area contributed by atoms with Gasteiger partial charge >= 0.3 is 0 Å². The Hall–Kier alpha value is -0.620. The highest BCUT2D eigenvalue weighted by atomic mass is 79.9. The zero-order chi connectivity index (χ0) is 12.4. The highest BCUT2D eigenvalue weighted by Gasteiger charge is 2.07. The van der Waals surface area contributed by atoms with Crippen molar-refractivity contribution in [2.24, 2.45) is 0 Å². The zero-order valence-corrected chi connectivity index (χ0v) is 11.7. The van der Waals surface area contributed by atoms with Crippen LogP contribution in [-0.2, 0) is 9.22 Å². The van der Waals surface area contributed by atoms with Crippen molar-refractivity contribution in [1.82, 2.24) is 0 Å². The molecule has 17 heavy (non-hydrogen) atoms. The first-order chi connectivity index (χ1) is 8.11. The highest BCUT2D eigenvalue weighted by molar-refractivity contribution is 9.10. The van der Waals surface area contributed by atoms with Gasteiger partial charge in [0.25, 0.3) is 0 Å². The molecule has 0 saturated carbocycles. The Morgan fingerprint density at radius 2 is 1.88 bits per heavy atom. The van der Waals surface area contributed by atoms with Gasteiger partial charge in [-0.3, -0.25) is 0 Å². The molecule has 0 fully saturated rings. The van der Waals surface area contributed by atoms with Crippen LogP contribution in [0.2, 0.25) is 0 Å². The Bertz CT molecular complexity index is 560. The SMILES string of the molecule is COOSc1cc2cc(Br)c(F)cc2cc1C. The van der Waals surface area contributed by atoms with E-state index in [9.17, 15) is 4.39 Å². The van der Waals surface area contributed by atoms with Crippen LogP contribution in [0.4, 0.5) is 4.39 Å². The first-order valence-electron chi connectivity index (χ1n) is 4.88. The molecule has 2 nitrogen and oxygen atoms in total. The summed E-state index contributed by atoms with van der Waals surface area (Å²) in [5.74, 6) is -0.259. The third-order valence-corrected chi connectivity index (χ3v) is 3.80. The lowest BCUT2D eigenvalue weighted by molar-refractivity contribution is -0.160. The number of halogens is 2. The molecule has 2 rings (SSSR count). The molecular weight excluding hydrogens is 307 g/mol. The summed E-state index contributed by atoms with van der Waals surface area (Å²) in [4.78, 5) is 5.49. The van der Waals surface area contributed by atoms with Crippen LogP contribution in [0.15, 0.2) is 33.6 Å². The van der Waals surface area contributed by atoms with Gasteiger partial charge in [0.05, 0.1) is 23.6 Å². The zero-order valence-electron chi connectivity index (χ0n) is 9.29. The Kier molecular flexibility index (Phi) is 4.04. The van der Waals surface area contributed by atoms with Gasteiger partial charge in [0.2, 0.25) is 0 Å². The van der Waals surface area contributed by atoms with E-state index in [0.717, 1.165) is 33.3 Å². The third-order valence-electron chi connectivity index (χ3n) is 2.37. The van der Waals surface area contributed by atoms with Gasteiger partial charge < -0.3 is 0 Å². The molecule has 0 aliphatic heterocycles. The number of benzene rings is 2. The second-order valence-electron chi connectivity index (χ2n) is 3.55. The van der Waals surface area contributed by atoms with E-state index in [0.29, 0.717) is 4.47 Å². The fraction of sp³-hybridized carbons (Fsp3) is 0.167. The van der Waals surface area contributed by atoms with E-state index < -0.39 is 0 Å². The Balaban J connectivity index is 2.51. The van der Waals surface area contributed by atoms with Crippen molar-refractivity contribution in [3.8, 4) is 0 Å². The Labute approximate surface area is 111 Å². The molecule has 0 aliphatic carbocycles. The minimum Gasteiger partial charge on any atom is -0.227 e. The van der Waals surface area contributed by atoms with Crippen molar-refractivity contribution in [2.45, 2.75) is 11.8 Å². The smallest absolute Gasteiger partial charge is 0.138 e. The van der Waals surface area contributed by atoms with Gasteiger partial charge in [0.15, 0.2) is 0 Å². The number of hydrogen-bond acceptors (Lipinski definition) is 3. The monoisotopic (exact) mass is 316 g/mol. The van der Waals surface area contributed by atoms with Crippen molar-refractivity contribution >= 4 is 38.7 Å². The molecule has 90 valence electrons. The normalized spacial score (nSPS) is 11.1. The molecule has 2 aromatic rings. The lowest BCUT2D eigenvalue weighted by Gasteiger charge is -2.07. The predicted molar refractivity (Wildman–Crippen MR) is 70.3 cm³/mol. The predicted octanol–water partition coefficient (Wildman–Crippen LogP) is 4.63. The maximum Gasteiger partial charge on any atom is 0.138 e. The molecule has 2 aromatic carbocycles. The topological polar surface area (TPSA) is 18.5 Å². The molecule has 0 unspecified atom stereocenters. The van der Waals surface area contributed by atoms with Gasteiger partial charge in [-0.15, -0.1) is 0 Å². The lowest BCUT2D eigenvalue weighted by atomic mass is 10.1. The molecule has 5 heteroatoms. The molecule has 0 bridgehead atoms. The van der Waals surface area contributed by atoms with Crippen molar-refractivity contribution in [3.05, 3.63) is 40.1 Å². The largest absolute Gasteiger partial charge is 0.227 e. The summed E-state index contributed by atoms with van der Waals surface area (Å²) >= 11 is 4.31. The number of fused-ring (bicyclic) bond motifs is 1. The highest BCUT2D eigenvalue weighted by Crippen LogP contribution is 2.31. The summed E-state index contributed by atoms with van der Waals surface area (Å²) < 4.78 is 18.7.